The van der Waals surface area contributed by atoms with Gasteiger partial charge in [-0.2, -0.15) is 0 Å². The summed E-state index contributed by atoms with van der Waals surface area (Å²) >= 11 is 0. The summed E-state index contributed by atoms with van der Waals surface area (Å²) in [6.45, 7) is 0.913. The summed E-state index contributed by atoms with van der Waals surface area (Å²) in [5.74, 6) is 1.78. The van der Waals surface area contributed by atoms with Gasteiger partial charge in [0.2, 0.25) is 0 Å². The molecule has 0 saturated heterocycles. The summed E-state index contributed by atoms with van der Waals surface area (Å²) in [7, 11) is 5.29. The lowest BCUT2D eigenvalue weighted by Crippen LogP contribution is -2.11. The molecule has 1 N–H and O–H groups in total. The molecule has 78 valence electrons. The number of nitrogens with one attached hydrogen (secondary N) is 1. The van der Waals surface area contributed by atoms with Crippen molar-refractivity contribution in [3.63, 3.8) is 0 Å². The standard InChI is InChI=1S/C11H17NO2/c1-12-8-7-9-10(13-2)5-4-6-11(9)14-3/h4-6,12H,7-8H2,1-3H3. The fraction of sp³-hybridized carbons (Fsp3) is 0.455. The van der Waals surface area contributed by atoms with Gasteiger partial charge in [0.05, 0.1) is 14.2 Å². The van der Waals surface area contributed by atoms with Crippen molar-refractivity contribution < 1.29 is 9.47 Å². The third-order valence-electron chi connectivity index (χ3n) is 2.15. The Labute approximate surface area is 85.0 Å². The number of rotatable bonds is 5. The van der Waals surface area contributed by atoms with E-state index in [4.69, 9.17) is 9.47 Å². The zero-order valence-electron chi connectivity index (χ0n) is 8.96. The normalized spacial score (nSPS) is 9.93. The van der Waals surface area contributed by atoms with Gasteiger partial charge in [-0.25, -0.2) is 0 Å². The van der Waals surface area contributed by atoms with E-state index in [0.717, 1.165) is 30.0 Å². The van der Waals surface area contributed by atoms with Gasteiger partial charge in [0.15, 0.2) is 0 Å². The molecule has 0 amide bonds. The van der Waals surface area contributed by atoms with Gasteiger partial charge in [0.25, 0.3) is 0 Å². The molecule has 0 radical (unpaired) electrons. The average molecular weight is 195 g/mol. The van der Waals surface area contributed by atoms with E-state index in [2.05, 4.69) is 5.32 Å². The topological polar surface area (TPSA) is 30.5 Å². The lowest BCUT2D eigenvalue weighted by Gasteiger charge is -2.12. The van der Waals surface area contributed by atoms with Crippen LogP contribution in [0.25, 0.3) is 0 Å². The van der Waals surface area contributed by atoms with Crippen LogP contribution in [0.15, 0.2) is 18.2 Å². The first-order chi connectivity index (χ1) is 6.83. The molecule has 0 saturated carbocycles. The predicted octanol–water partition coefficient (Wildman–Crippen LogP) is 1.47. The van der Waals surface area contributed by atoms with Crippen molar-refractivity contribution in [1.29, 1.82) is 0 Å². The van der Waals surface area contributed by atoms with Gasteiger partial charge < -0.3 is 14.8 Å². The monoisotopic (exact) mass is 195 g/mol. The first kappa shape index (κ1) is 10.9. The molecule has 0 aliphatic rings. The Hall–Kier alpha value is -1.22. The molecule has 3 nitrogen and oxygen atoms in total. The minimum absolute atomic E-state index is 0.889. The highest BCUT2D eigenvalue weighted by molar-refractivity contribution is 5.44. The van der Waals surface area contributed by atoms with Gasteiger partial charge in [-0.3, -0.25) is 0 Å². The van der Waals surface area contributed by atoms with Crippen LogP contribution in [0.1, 0.15) is 5.56 Å². The maximum absolute atomic E-state index is 5.28. The molecule has 0 aromatic heterocycles. The quantitative estimate of drug-likeness (QED) is 0.771. The molecule has 0 bridgehead atoms. The van der Waals surface area contributed by atoms with Crippen LogP contribution >= 0.6 is 0 Å². The summed E-state index contributed by atoms with van der Waals surface area (Å²) in [6, 6.07) is 5.83. The highest BCUT2D eigenvalue weighted by atomic mass is 16.5. The van der Waals surface area contributed by atoms with Gasteiger partial charge in [0.1, 0.15) is 11.5 Å². The number of ether oxygens (including phenoxy) is 2. The largest absolute Gasteiger partial charge is 0.496 e. The molecular formula is C11H17NO2. The van der Waals surface area contributed by atoms with Crippen LogP contribution < -0.4 is 14.8 Å². The van der Waals surface area contributed by atoms with Gasteiger partial charge >= 0.3 is 0 Å². The molecule has 1 rings (SSSR count). The van der Waals surface area contributed by atoms with Crippen molar-refractivity contribution >= 4 is 0 Å². The van der Waals surface area contributed by atoms with Crippen molar-refractivity contribution in [2.75, 3.05) is 27.8 Å². The molecule has 0 aliphatic heterocycles. The van der Waals surface area contributed by atoms with E-state index in [0.29, 0.717) is 0 Å². The van der Waals surface area contributed by atoms with Gasteiger partial charge in [-0.1, -0.05) is 6.07 Å². The summed E-state index contributed by atoms with van der Waals surface area (Å²) in [5, 5.41) is 3.11. The van der Waals surface area contributed by atoms with E-state index < -0.39 is 0 Å². The van der Waals surface area contributed by atoms with Gasteiger partial charge in [-0.15, -0.1) is 0 Å². The van der Waals surface area contributed by atoms with Gasteiger partial charge in [0, 0.05) is 5.56 Å². The Balaban J connectivity index is 2.93. The number of likely N-dealkylation sites (N-methyl/N-ethyl adjacent to an activating group) is 1. The molecule has 0 aliphatic carbocycles. The average Bonchev–Trinajstić information content (AvgIpc) is 2.25. The number of benzene rings is 1. The SMILES string of the molecule is CNCCc1c(OC)cccc1OC. The summed E-state index contributed by atoms with van der Waals surface area (Å²) in [5.41, 5.74) is 1.12. The fourth-order valence-electron chi connectivity index (χ4n) is 1.42. The van der Waals surface area contributed by atoms with Crippen molar-refractivity contribution in [3.8, 4) is 11.5 Å². The Morgan fingerprint density at radius 3 is 2.14 bits per heavy atom. The fourth-order valence-corrected chi connectivity index (χ4v) is 1.42. The third-order valence-corrected chi connectivity index (χ3v) is 2.15. The number of methoxy groups -OCH3 is 2. The zero-order valence-corrected chi connectivity index (χ0v) is 8.96. The van der Waals surface area contributed by atoms with Crippen LogP contribution in [0, 0.1) is 0 Å². The highest BCUT2D eigenvalue weighted by Gasteiger charge is 2.08. The first-order valence-corrected chi connectivity index (χ1v) is 4.68. The van der Waals surface area contributed by atoms with Gasteiger partial charge in [-0.05, 0) is 32.1 Å². The molecular weight excluding hydrogens is 178 g/mol. The van der Waals surface area contributed by atoms with Crippen molar-refractivity contribution in [2.45, 2.75) is 6.42 Å². The maximum atomic E-state index is 5.28. The van der Waals surface area contributed by atoms with E-state index in [1.165, 1.54) is 0 Å². The van der Waals surface area contributed by atoms with Crippen LogP contribution in [0.2, 0.25) is 0 Å². The summed E-state index contributed by atoms with van der Waals surface area (Å²) in [6.07, 6.45) is 0.906. The minimum atomic E-state index is 0.889. The van der Waals surface area contributed by atoms with E-state index in [1.54, 1.807) is 14.2 Å². The zero-order chi connectivity index (χ0) is 10.4. The Morgan fingerprint density at radius 2 is 1.71 bits per heavy atom. The van der Waals surface area contributed by atoms with Crippen LogP contribution in [0.4, 0.5) is 0 Å². The van der Waals surface area contributed by atoms with Crippen LogP contribution in [0.5, 0.6) is 11.5 Å². The van der Waals surface area contributed by atoms with E-state index in [9.17, 15) is 0 Å². The number of hydrogen-bond acceptors (Lipinski definition) is 3. The third kappa shape index (κ3) is 2.39. The van der Waals surface area contributed by atoms with E-state index >= 15 is 0 Å². The first-order valence-electron chi connectivity index (χ1n) is 4.68. The Morgan fingerprint density at radius 1 is 1.14 bits per heavy atom. The molecule has 0 unspecified atom stereocenters. The second-order valence-electron chi connectivity index (χ2n) is 2.99. The summed E-state index contributed by atoms with van der Waals surface area (Å²) < 4.78 is 10.6. The second kappa shape index (κ2) is 5.50. The molecule has 14 heavy (non-hydrogen) atoms. The lowest BCUT2D eigenvalue weighted by atomic mass is 10.1. The molecule has 0 heterocycles. The van der Waals surface area contributed by atoms with Crippen molar-refractivity contribution in [2.24, 2.45) is 0 Å². The Kier molecular flexibility index (Phi) is 4.26. The summed E-state index contributed by atoms with van der Waals surface area (Å²) in [4.78, 5) is 0. The molecule has 0 fully saturated rings. The molecule has 1 aromatic carbocycles. The molecule has 3 heteroatoms. The minimum Gasteiger partial charge on any atom is -0.496 e. The molecule has 0 atom stereocenters. The van der Waals surface area contributed by atoms with Crippen molar-refractivity contribution in [1.82, 2.24) is 5.32 Å². The van der Waals surface area contributed by atoms with Crippen LogP contribution in [0.3, 0.4) is 0 Å². The van der Waals surface area contributed by atoms with Crippen LogP contribution in [-0.2, 0) is 6.42 Å². The maximum Gasteiger partial charge on any atom is 0.125 e. The second-order valence-corrected chi connectivity index (χ2v) is 2.99. The number of hydrogen-bond donors (Lipinski definition) is 1. The van der Waals surface area contributed by atoms with E-state index in [-0.39, 0.29) is 0 Å². The predicted molar refractivity (Wildman–Crippen MR) is 57.2 cm³/mol. The van der Waals surface area contributed by atoms with Crippen molar-refractivity contribution in [3.05, 3.63) is 23.8 Å². The Bertz CT molecular complexity index is 264. The van der Waals surface area contributed by atoms with Crippen LogP contribution in [-0.4, -0.2) is 27.8 Å². The molecule has 0 spiro atoms. The smallest absolute Gasteiger partial charge is 0.125 e. The molecule has 1 aromatic rings. The van der Waals surface area contributed by atoms with E-state index in [1.807, 2.05) is 25.2 Å². The highest BCUT2D eigenvalue weighted by Crippen LogP contribution is 2.28. The lowest BCUT2D eigenvalue weighted by molar-refractivity contribution is 0.385.